The first-order valence-corrected chi connectivity index (χ1v) is 8.37. The van der Waals surface area contributed by atoms with Crippen molar-refractivity contribution in [3.05, 3.63) is 24.5 Å². The van der Waals surface area contributed by atoms with Gasteiger partial charge >= 0.3 is 0 Å². The molecule has 1 N–H and O–H groups in total. The van der Waals surface area contributed by atoms with Gasteiger partial charge in [0.25, 0.3) is 0 Å². The van der Waals surface area contributed by atoms with Crippen LogP contribution in [0.1, 0.15) is 32.7 Å². The Labute approximate surface area is 133 Å². The number of hydrogen-bond donors (Lipinski definition) is 1. The molecule has 0 spiro atoms. The zero-order chi connectivity index (χ0) is 15.8. The summed E-state index contributed by atoms with van der Waals surface area (Å²) in [6.45, 7) is 9.76. The highest BCUT2D eigenvalue weighted by Crippen LogP contribution is 2.18. The molecule has 0 aliphatic carbocycles. The van der Waals surface area contributed by atoms with Crippen LogP contribution in [0.5, 0.6) is 0 Å². The number of ether oxygens (including phenoxy) is 1. The predicted octanol–water partition coefficient (Wildman–Crippen LogP) is 1.91. The Morgan fingerprint density at radius 3 is 2.55 bits per heavy atom. The highest BCUT2D eigenvalue weighted by Gasteiger charge is 2.20. The first kappa shape index (κ1) is 17.0. The summed E-state index contributed by atoms with van der Waals surface area (Å²) in [5, 5.41) is 3.10. The third kappa shape index (κ3) is 5.46. The second-order valence-corrected chi connectivity index (χ2v) is 6.37. The maximum Gasteiger partial charge on any atom is 0.243 e. The van der Waals surface area contributed by atoms with Gasteiger partial charge in [-0.2, -0.15) is 0 Å². The summed E-state index contributed by atoms with van der Waals surface area (Å²) in [6.07, 6.45) is 5.80. The van der Waals surface area contributed by atoms with Crippen molar-refractivity contribution in [2.45, 2.75) is 32.7 Å². The number of aromatic nitrogens is 1. The molecule has 2 heterocycles. The van der Waals surface area contributed by atoms with Gasteiger partial charge in [0.15, 0.2) is 0 Å². The largest absolute Gasteiger partial charge is 0.379 e. The van der Waals surface area contributed by atoms with Gasteiger partial charge in [0.2, 0.25) is 5.91 Å². The molecule has 1 fully saturated rings. The zero-order valence-electron chi connectivity index (χ0n) is 13.8. The molecule has 124 valence electrons. The molecule has 1 atom stereocenters. The molecule has 0 radical (unpaired) electrons. The monoisotopic (exact) mass is 307 g/mol. The number of hydrogen-bond acceptors (Lipinski definition) is 3. The van der Waals surface area contributed by atoms with Crippen molar-refractivity contribution in [2.24, 2.45) is 5.92 Å². The predicted molar refractivity (Wildman–Crippen MR) is 87.8 cm³/mol. The Hall–Kier alpha value is -1.33. The number of rotatable bonds is 8. The summed E-state index contributed by atoms with van der Waals surface area (Å²) in [5.74, 6) is 0.623. The molecular formula is C17H29N3O2. The SMILES string of the molecule is CC(C)CC(C(=O)NCCCN1CCOCC1)n1cccc1. The van der Waals surface area contributed by atoms with E-state index in [4.69, 9.17) is 4.74 Å². The van der Waals surface area contributed by atoms with Crippen molar-refractivity contribution >= 4 is 5.91 Å². The molecule has 1 amide bonds. The van der Waals surface area contributed by atoms with Gasteiger partial charge in [-0.15, -0.1) is 0 Å². The fourth-order valence-corrected chi connectivity index (χ4v) is 2.82. The molecule has 1 aliphatic heterocycles. The van der Waals surface area contributed by atoms with Gasteiger partial charge in [-0.25, -0.2) is 0 Å². The third-order valence-corrected chi connectivity index (χ3v) is 4.04. The quantitative estimate of drug-likeness (QED) is 0.746. The van der Waals surface area contributed by atoms with E-state index in [1.54, 1.807) is 0 Å². The Balaban J connectivity index is 1.73. The Kier molecular flexibility index (Phi) is 6.93. The summed E-state index contributed by atoms with van der Waals surface area (Å²) in [4.78, 5) is 14.9. The van der Waals surface area contributed by atoms with Gasteiger partial charge in [0.1, 0.15) is 6.04 Å². The van der Waals surface area contributed by atoms with E-state index in [2.05, 4.69) is 24.1 Å². The van der Waals surface area contributed by atoms with E-state index in [1.807, 2.05) is 29.1 Å². The Morgan fingerprint density at radius 2 is 1.91 bits per heavy atom. The van der Waals surface area contributed by atoms with Crippen LogP contribution in [0.15, 0.2) is 24.5 Å². The van der Waals surface area contributed by atoms with Gasteiger partial charge in [0.05, 0.1) is 13.2 Å². The van der Waals surface area contributed by atoms with Crippen LogP contribution in [-0.2, 0) is 9.53 Å². The summed E-state index contributed by atoms with van der Waals surface area (Å²) < 4.78 is 7.35. The number of morpholine rings is 1. The van der Waals surface area contributed by atoms with Gasteiger partial charge < -0.3 is 14.6 Å². The topological polar surface area (TPSA) is 46.5 Å². The first-order valence-electron chi connectivity index (χ1n) is 8.37. The van der Waals surface area contributed by atoms with Crippen LogP contribution in [0, 0.1) is 5.92 Å². The molecule has 22 heavy (non-hydrogen) atoms. The van der Waals surface area contributed by atoms with E-state index in [1.165, 1.54) is 0 Å². The Bertz CT molecular complexity index is 425. The van der Waals surface area contributed by atoms with Crippen LogP contribution in [-0.4, -0.2) is 54.8 Å². The summed E-state index contributed by atoms with van der Waals surface area (Å²) in [6, 6.07) is 3.84. The molecule has 1 unspecified atom stereocenters. The van der Waals surface area contributed by atoms with Crippen molar-refractivity contribution in [1.29, 1.82) is 0 Å². The average molecular weight is 307 g/mol. The van der Waals surface area contributed by atoms with E-state index >= 15 is 0 Å². The number of carbonyl (C=O) groups excluding carboxylic acids is 1. The summed E-state index contributed by atoms with van der Waals surface area (Å²) >= 11 is 0. The molecule has 1 aromatic heterocycles. The third-order valence-electron chi connectivity index (χ3n) is 4.04. The van der Waals surface area contributed by atoms with Crippen molar-refractivity contribution in [1.82, 2.24) is 14.8 Å². The van der Waals surface area contributed by atoms with Crippen molar-refractivity contribution in [3.8, 4) is 0 Å². The molecule has 5 heteroatoms. The fraction of sp³-hybridized carbons (Fsp3) is 0.706. The first-order chi connectivity index (χ1) is 10.7. The molecular weight excluding hydrogens is 278 g/mol. The van der Waals surface area contributed by atoms with Crippen LogP contribution in [0.4, 0.5) is 0 Å². The average Bonchev–Trinajstić information content (AvgIpc) is 3.04. The van der Waals surface area contributed by atoms with E-state index in [9.17, 15) is 4.79 Å². The highest BCUT2D eigenvalue weighted by molar-refractivity contribution is 5.80. The van der Waals surface area contributed by atoms with Crippen LogP contribution in [0.3, 0.4) is 0 Å². The second kappa shape index (κ2) is 8.96. The number of carbonyl (C=O) groups is 1. The lowest BCUT2D eigenvalue weighted by Crippen LogP contribution is -2.39. The number of nitrogens with one attached hydrogen (secondary N) is 1. The van der Waals surface area contributed by atoms with Crippen LogP contribution >= 0.6 is 0 Å². The lowest BCUT2D eigenvalue weighted by molar-refractivity contribution is -0.124. The highest BCUT2D eigenvalue weighted by atomic mass is 16.5. The minimum atomic E-state index is -0.0987. The molecule has 1 aliphatic rings. The molecule has 2 rings (SSSR count). The molecule has 1 saturated heterocycles. The molecule has 5 nitrogen and oxygen atoms in total. The smallest absolute Gasteiger partial charge is 0.243 e. The molecule has 0 saturated carbocycles. The zero-order valence-corrected chi connectivity index (χ0v) is 13.8. The molecule has 0 bridgehead atoms. The maximum atomic E-state index is 12.5. The van der Waals surface area contributed by atoms with Crippen LogP contribution in [0.2, 0.25) is 0 Å². The summed E-state index contributed by atoms with van der Waals surface area (Å²) in [7, 11) is 0. The van der Waals surface area contributed by atoms with Gasteiger partial charge in [-0.1, -0.05) is 13.8 Å². The second-order valence-electron chi connectivity index (χ2n) is 6.37. The van der Waals surface area contributed by atoms with Crippen molar-refractivity contribution in [2.75, 3.05) is 39.4 Å². The summed E-state index contributed by atoms with van der Waals surface area (Å²) in [5.41, 5.74) is 0. The minimum Gasteiger partial charge on any atom is -0.379 e. The standard InChI is InChI=1S/C17H29N3O2/c1-15(2)14-16(20-8-3-4-9-20)17(21)18-6-5-7-19-10-12-22-13-11-19/h3-4,8-9,15-16H,5-7,10-14H2,1-2H3,(H,18,21). The van der Waals surface area contributed by atoms with Crippen molar-refractivity contribution < 1.29 is 9.53 Å². The van der Waals surface area contributed by atoms with E-state index in [0.29, 0.717) is 5.92 Å². The maximum absolute atomic E-state index is 12.5. The van der Waals surface area contributed by atoms with Gasteiger partial charge in [-0.05, 0) is 37.4 Å². The fourth-order valence-electron chi connectivity index (χ4n) is 2.82. The van der Waals surface area contributed by atoms with E-state index in [0.717, 1.165) is 52.2 Å². The lowest BCUT2D eigenvalue weighted by Gasteiger charge is -2.26. The number of amides is 1. The van der Waals surface area contributed by atoms with Gasteiger partial charge in [-0.3, -0.25) is 9.69 Å². The van der Waals surface area contributed by atoms with Crippen LogP contribution in [0.25, 0.3) is 0 Å². The Morgan fingerprint density at radius 1 is 1.23 bits per heavy atom. The van der Waals surface area contributed by atoms with Crippen molar-refractivity contribution in [3.63, 3.8) is 0 Å². The molecule has 1 aromatic rings. The minimum absolute atomic E-state index is 0.0987. The lowest BCUT2D eigenvalue weighted by atomic mass is 10.0. The van der Waals surface area contributed by atoms with Gasteiger partial charge in [0, 0.05) is 32.0 Å². The van der Waals surface area contributed by atoms with E-state index in [-0.39, 0.29) is 11.9 Å². The molecule has 0 aromatic carbocycles. The number of nitrogens with zero attached hydrogens (tertiary/aromatic N) is 2. The van der Waals surface area contributed by atoms with E-state index < -0.39 is 0 Å². The van der Waals surface area contributed by atoms with Crippen LogP contribution < -0.4 is 5.32 Å². The normalized spacial score (nSPS) is 17.6.